The molecule has 0 radical (unpaired) electrons. The van der Waals surface area contributed by atoms with Crippen molar-refractivity contribution in [3.8, 4) is 11.5 Å². The van der Waals surface area contributed by atoms with Gasteiger partial charge in [0.15, 0.2) is 11.5 Å². The molecule has 0 spiro atoms. The molecule has 1 heterocycles. The Morgan fingerprint density at radius 3 is 2.72 bits per heavy atom. The first-order valence-electron chi connectivity index (χ1n) is 7.97. The van der Waals surface area contributed by atoms with E-state index in [1.807, 2.05) is 18.2 Å². The number of amides is 1. The van der Waals surface area contributed by atoms with Gasteiger partial charge in [-0.15, -0.1) is 0 Å². The first kappa shape index (κ1) is 16.8. The second-order valence-electron chi connectivity index (χ2n) is 5.69. The predicted octanol–water partition coefficient (Wildman–Crippen LogP) is 2.65. The maximum atomic E-state index is 12.3. The van der Waals surface area contributed by atoms with Crippen LogP contribution in [0.3, 0.4) is 0 Å². The molecule has 1 aliphatic rings. The highest BCUT2D eigenvalue weighted by Crippen LogP contribution is 2.30. The predicted molar refractivity (Wildman–Crippen MR) is 91.3 cm³/mol. The Labute approximate surface area is 144 Å². The van der Waals surface area contributed by atoms with Gasteiger partial charge in [0, 0.05) is 23.7 Å². The number of nitrogens with one attached hydrogen (secondary N) is 1. The monoisotopic (exact) mass is 342 g/mol. The van der Waals surface area contributed by atoms with Crippen molar-refractivity contribution >= 4 is 11.6 Å². The summed E-state index contributed by atoms with van der Waals surface area (Å²) in [5.41, 5.74) is 1.64. The van der Waals surface area contributed by atoms with E-state index >= 15 is 0 Å². The third-order valence-corrected chi connectivity index (χ3v) is 4.05. The minimum atomic E-state index is -0.485. The maximum absolute atomic E-state index is 12.3. The largest absolute Gasteiger partial charge is 0.486 e. The molecule has 130 valence electrons. The van der Waals surface area contributed by atoms with Crippen LogP contribution in [0.4, 0.5) is 5.69 Å². The molecule has 0 unspecified atom stereocenters. The fraction of sp³-hybridized carbons (Fsp3) is 0.278. The van der Waals surface area contributed by atoms with Gasteiger partial charge in [-0.1, -0.05) is 12.1 Å². The lowest BCUT2D eigenvalue weighted by molar-refractivity contribution is -0.385. The normalized spacial score (nSPS) is 12.5. The molecular weight excluding hydrogens is 324 g/mol. The Balaban J connectivity index is 1.62. The van der Waals surface area contributed by atoms with E-state index < -0.39 is 4.92 Å². The SMILES string of the molecule is Cc1c(C(=O)NCCc2ccc3c(c2)OCCO3)cccc1[N+](=O)[O-]. The number of carbonyl (C=O) groups excluding carboxylic acids is 1. The minimum Gasteiger partial charge on any atom is -0.486 e. The number of hydrogen-bond donors (Lipinski definition) is 1. The second kappa shape index (κ2) is 7.21. The number of benzene rings is 2. The molecule has 2 aromatic rings. The fourth-order valence-electron chi connectivity index (χ4n) is 2.73. The molecular formula is C18H18N2O5. The number of hydrogen-bond acceptors (Lipinski definition) is 5. The molecule has 0 fully saturated rings. The highest BCUT2D eigenvalue weighted by molar-refractivity contribution is 5.96. The van der Waals surface area contributed by atoms with Crippen molar-refractivity contribution in [1.29, 1.82) is 0 Å². The summed E-state index contributed by atoms with van der Waals surface area (Å²) in [5.74, 6) is 1.12. The van der Waals surface area contributed by atoms with Crippen molar-refractivity contribution in [1.82, 2.24) is 5.32 Å². The standard InChI is InChI=1S/C18H18N2O5/c1-12-14(3-2-4-15(12)20(22)23)18(21)19-8-7-13-5-6-16-17(11-13)25-10-9-24-16/h2-6,11H,7-10H2,1H3,(H,19,21). The van der Waals surface area contributed by atoms with Crippen LogP contribution in [0.2, 0.25) is 0 Å². The van der Waals surface area contributed by atoms with Gasteiger partial charge in [0.2, 0.25) is 0 Å². The zero-order valence-corrected chi connectivity index (χ0v) is 13.8. The molecule has 1 aliphatic heterocycles. The molecule has 2 aromatic carbocycles. The van der Waals surface area contributed by atoms with Crippen LogP contribution in [0.5, 0.6) is 11.5 Å². The summed E-state index contributed by atoms with van der Waals surface area (Å²) in [7, 11) is 0. The molecule has 0 aliphatic carbocycles. The summed E-state index contributed by atoms with van der Waals surface area (Å²) in [6.45, 7) is 3.07. The molecule has 0 bridgehead atoms. The lowest BCUT2D eigenvalue weighted by Gasteiger charge is -2.18. The van der Waals surface area contributed by atoms with E-state index in [0.29, 0.717) is 43.1 Å². The molecule has 7 heteroatoms. The topological polar surface area (TPSA) is 90.7 Å². The van der Waals surface area contributed by atoms with Crippen molar-refractivity contribution in [2.24, 2.45) is 0 Å². The summed E-state index contributed by atoms with van der Waals surface area (Å²) in [5, 5.41) is 13.8. The van der Waals surface area contributed by atoms with Crippen LogP contribution in [-0.2, 0) is 6.42 Å². The molecule has 7 nitrogen and oxygen atoms in total. The van der Waals surface area contributed by atoms with Crippen LogP contribution in [0.1, 0.15) is 21.5 Å². The van der Waals surface area contributed by atoms with Crippen LogP contribution in [0.25, 0.3) is 0 Å². The van der Waals surface area contributed by atoms with Gasteiger partial charge in [0.1, 0.15) is 13.2 Å². The number of nitrogens with zero attached hydrogens (tertiary/aromatic N) is 1. The Hall–Kier alpha value is -3.09. The van der Waals surface area contributed by atoms with Crippen LogP contribution >= 0.6 is 0 Å². The lowest BCUT2D eigenvalue weighted by Crippen LogP contribution is -2.26. The number of nitro groups is 1. The Bertz CT molecular complexity index is 819. The minimum absolute atomic E-state index is 0.0560. The molecule has 3 rings (SSSR count). The molecule has 0 saturated heterocycles. The summed E-state index contributed by atoms with van der Waals surface area (Å²) < 4.78 is 11.0. The molecule has 0 atom stereocenters. The molecule has 25 heavy (non-hydrogen) atoms. The quantitative estimate of drug-likeness (QED) is 0.666. The first-order valence-corrected chi connectivity index (χ1v) is 7.97. The van der Waals surface area contributed by atoms with Crippen molar-refractivity contribution in [3.05, 3.63) is 63.2 Å². The Morgan fingerprint density at radius 2 is 1.96 bits per heavy atom. The lowest BCUT2D eigenvalue weighted by atomic mass is 10.1. The van der Waals surface area contributed by atoms with Gasteiger partial charge in [-0.05, 0) is 37.1 Å². The van der Waals surface area contributed by atoms with Crippen LogP contribution < -0.4 is 14.8 Å². The van der Waals surface area contributed by atoms with Crippen LogP contribution in [0, 0.1) is 17.0 Å². The summed E-state index contributed by atoms with van der Waals surface area (Å²) >= 11 is 0. The molecule has 1 N–H and O–H groups in total. The number of rotatable bonds is 5. The van der Waals surface area contributed by atoms with Crippen LogP contribution in [0.15, 0.2) is 36.4 Å². The third-order valence-electron chi connectivity index (χ3n) is 4.05. The highest BCUT2D eigenvalue weighted by Gasteiger charge is 2.17. The van der Waals surface area contributed by atoms with Crippen molar-refractivity contribution in [3.63, 3.8) is 0 Å². The third kappa shape index (κ3) is 3.71. The molecule has 1 amide bonds. The van der Waals surface area contributed by atoms with Crippen LogP contribution in [-0.4, -0.2) is 30.6 Å². The van der Waals surface area contributed by atoms with E-state index in [2.05, 4.69) is 5.32 Å². The van der Waals surface area contributed by atoms with E-state index in [-0.39, 0.29) is 11.6 Å². The van der Waals surface area contributed by atoms with E-state index in [1.54, 1.807) is 13.0 Å². The first-order chi connectivity index (χ1) is 12.1. The molecule has 0 saturated carbocycles. The van der Waals surface area contributed by atoms with E-state index in [9.17, 15) is 14.9 Å². The van der Waals surface area contributed by atoms with Crippen molar-refractivity contribution in [2.45, 2.75) is 13.3 Å². The van der Waals surface area contributed by atoms with Gasteiger partial charge < -0.3 is 14.8 Å². The van der Waals surface area contributed by atoms with Crippen molar-refractivity contribution < 1.29 is 19.2 Å². The number of nitro benzene ring substituents is 1. The van der Waals surface area contributed by atoms with Gasteiger partial charge in [-0.2, -0.15) is 0 Å². The zero-order chi connectivity index (χ0) is 17.8. The van der Waals surface area contributed by atoms with Gasteiger partial charge in [-0.3, -0.25) is 14.9 Å². The highest BCUT2D eigenvalue weighted by atomic mass is 16.6. The number of fused-ring (bicyclic) bond motifs is 1. The van der Waals surface area contributed by atoms with Gasteiger partial charge in [0.25, 0.3) is 11.6 Å². The Kier molecular flexibility index (Phi) is 4.83. The molecule has 0 aromatic heterocycles. The Morgan fingerprint density at radius 1 is 1.20 bits per heavy atom. The van der Waals surface area contributed by atoms with E-state index in [4.69, 9.17) is 9.47 Å². The summed E-state index contributed by atoms with van der Waals surface area (Å²) in [6, 6.07) is 10.2. The summed E-state index contributed by atoms with van der Waals surface area (Å²) in [4.78, 5) is 22.8. The van der Waals surface area contributed by atoms with Gasteiger partial charge in [-0.25, -0.2) is 0 Å². The van der Waals surface area contributed by atoms with Crippen molar-refractivity contribution in [2.75, 3.05) is 19.8 Å². The van der Waals surface area contributed by atoms with E-state index in [1.165, 1.54) is 12.1 Å². The van der Waals surface area contributed by atoms with Gasteiger partial charge >= 0.3 is 0 Å². The average Bonchev–Trinajstić information content (AvgIpc) is 2.61. The fourth-order valence-corrected chi connectivity index (χ4v) is 2.73. The zero-order valence-electron chi connectivity index (χ0n) is 13.8. The number of carbonyl (C=O) groups is 1. The van der Waals surface area contributed by atoms with Gasteiger partial charge in [0.05, 0.1) is 4.92 Å². The van der Waals surface area contributed by atoms with E-state index in [0.717, 1.165) is 11.3 Å². The number of ether oxygens (including phenoxy) is 2. The maximum Gasteiger partial charge on any atom is 0.273 e. The summed E-state index contributed by atoms with van der Waals surface area (Å²) in [6.07, 6.45) is 0.621. The smallest absolute Gasteiger partial charge is 0.273 e. The second-order valence-corrected chi connectivity index (χ2v) is 5.69. The average molecular weight is 342 g/mol.